The molecule has 0 radical (unpaired) electrons. The topological polar surface area (TPSA) is 87.7 Å². The van der Waals surface area contributed by atoms with Crippen molar-refractivity contribution in [2.45, 2.75) is 25.4 Å². The SMILES string of the molecule is CCS(=O)(=O)NC[C@@H]1CCC2(CN(c3cc(N(C)C)ncn3)C2)OC1. The van der Waals surface area contributed by atoms with Gasteiger partial charge in [0, 0.05) is 26.7 Å². The molecule has 3 rings (SSSR count). The molecule has 2 fully saturated rings. The van der Waals surface area contributed by atoms with E-state index < -0.39 is 10.0 Å². The van der Waals surface area contributed by atoms with Crippen molar-refractivity contribution in [3.8, 4) is 0 Å². The monoisotopic (exact) mass is 369 g/mol. The van der Waals surface area contributed by atoms with Crippen LogP contribution in [-0.4, -0.2) is 70.1 Å². The van der Waals surface area contributed by atoms with E-state index in [9.17, 15) is 8.42 Å². The average molecular weight is 369 g/mol. The Labute approximate surface area is 149 Å². The highest BCUT2D eigenvalue weighted by Gasteiger charge is 2.47. The molecule has 0 saturated carbocycles. The highest BCUT2D eigenvalue weighted by atomic mass is 32.2. The summed E-state index contributed by atoms with van der Waals surface area (Å²) in [6, 6.07) is 1.98. The summed E-state index contributed by atoms with van der Waals surface area (Å²) in [4.78, 5) is 12.8. The number of aromatic nitrogens is 2. The molecule has 1 spiro atoms. The maximum Gasteiger partial charge on any atom is 0.211 e. The molecule has 1 aromatic rings. The Bertz CT molecular complexity index is 693. The van der Waals surface area contributed by atoms with Gasteiger partial charge in [0.1, 0.15) is 23.6 Å². The molecular formula is C16H27N5O3S. The van der Waals surface area contributed by atoms with Crippen molar-refractivity contribution in [1.29, 1.82) is 0 Å². The zero-order chi connectivity index (χ0) is 18.1. The van der Waals surface area contributed by atoms with E-state index in [-0.39, 0.29) is 17.3 Å². The molecule has 0 aromatic carbocycles. The zero-order valence-electron chi connectivity index (χ0n) is 15.1. The van der Waals surface area contributed by atoms with Crippen LogP contribution in [0.3, 0.4) is 0 Å². The number of nitrogens with one attached hydrogen (secondary N) is 1. The summed E-state index contributed by atoms with van der Waals surface area (Å²) >= 11 is 0. The molecular weight excluding hydrogens is 342 g/mol. The fourth-order valence-electron chi connectivity index (χ4n) is 3.24. The third-order valence-electron chi connectivity index (χ3n) is 4.98. The summed E-state index contributed by atoms with van der Waals surface area (Å²) in [6.07, 6.45) is 3.52. The van der Waals surface area contributed by atoms with E-state index in [2.05, 4.69) is 19.6 Å². The van der Waals surface area contributed by atoms with Gasteiger partial charge in [0.2, 0.25) is 10.0 Å². The van der Waals surface area contributed by atoms with E-state index in [1.165, 1.54) is 0 Å². The first-order chi connectivity index (χ1) is 11.8. The molecule has 1 N–H and O–H groups in total. The molecule has 2 saturated heterocycles. The van der Waals surface area contributed by atoms with Crippen LogP contribution in [0.2, 0.25) is 0 Å². The van der Waals surface area contributed by atoms with Crippen LogP contribution in [0.15, 0.2) is 12.4 Å². The standard InChI is InChI=1S/C16H27N5O3S/c1-4-25(22,23)19-8-13-5-6-16(24-9-13)10-21(11-16)15-7-14(20(2)3)17-12-18-15/h7,12-13,19H,4-6,8-11H2,1-3H3/t13-/m0/s1. The van der Waals surface area contributed by atoms with Crippen molar-refractivity contribution in [2.75, 3.05) is 55.9 Å². The molecule has 0 amide bonds. The fourth-order valence-corrected chi connectivity index (χ4v) is 3.93. The van der Waals surface area contributed by atoms with Crippen LogP contribution < -0.4 is 14.5 Å². The molecule has 25 heavy (non-hydrogen) atoms. The third-order valence-corrected chi connectivity index (χ3v) is 6.35. The highest BCUT2D eigenvalue weighted by Crippen LogP contribution is 2.38. The smallest absolute Gasteiger partial charge is 0.211 e. The molecule has 3 heterocycles. The van der Waals surface area contributed by atoms with Gasteiger partial charge in [-0.2, -0.15) is 0 Å². The molecule has 1 atom stereocenters. The highest BCUT2D eigenvalue weighted by molar-refractivity contribution is 7.89. The van der Waals surface area contributed by atoms with Gasteiger partial charge in [-0.05, 0) is 25.7 Å². The second-order valence-corrected chi connectivity index (χ2v) is 9.23. The Hall–Kier alpha value is -1.45. The van der Waals surface area contributed by atoms with Gasteiger partial charge in [0.05, 0.1) is 25.4 Å². The summed E-state index contributed by atoms with van der Waals surface area (Å²) in [7, 11) is 0.791. The Morgan fingerprint density at radius 1 is 1.40 bits per heavy atom. The minimum absolute atomic E-state index is 0.108. The van der Waals surface area contributed by atoms with Crippen LogP contribution in [0.1, 0.15) is 19.8 Å². The molecule has 9 heteroatoms. The Morgan fingerprint density at radius 3 is 2.76 bits per heavy atom. The lowest BCUT2D eigenvalue weighted by Gasteiger charge is -2.53. The average Bonchev–Trinajstić information content (AvgIpc) is 2.58. The first-order valence-electron chi connectivity index (χ1n) is 8.68. The van der Waals surface area contributed by atoms with Gasteiger partial charge in [0.25, 0.3) is 0 Å². The molecule has 0 unspecified atom stereocenters. The van der Waals surface area contributed by atoms with E-state index in [4.69, 9.17) is 4.74 Å². The first-order valence-corrected chi connectivity index (χ1v) is 10.3. The molecule has 140 valence electrons. The lowest BCUT2D eigenvalue weighted by molar-refractivity contribution is -0.114. The van der Waals surface area contributed by atoms with E-state index in [1.54, 1.807) is 13.3 Å². The van der Waals surface area contributed by atoms with Crippen LogP contribution in [0, 0.1) is 5.92 Å². The van der Waals surface area contributed by atoms with Crippen molar-refractivity contribution in [2.24, 2.45) is 5.92 Å². The number of rotatable bonds is 6. The van der Waals surface area contributed by atoms with Gasteiger partial charge >= 0.3 is 0 Å². The molecule has 2 aliphatic heterocycles. The zero-order valence-corrected chi connectivity index (χ0v) is 15.9. The second-order valence-electron chi connectivity index (χ2n) is 7.14. The van der Waals surface area contributed by atoms with E-state index in [0.29, 0.717) is 13.2 Å². The van der Waals surface area contributed by atoms with Crippen LogP contribution in [-0.2, 0) is 14.8 Å². The fraction of sp³-hybridized carbons (Fsp3) is 0.750. The Balaban J connectivity index is 1.49. The third kappa shape index (κ3) is 4.21. The summed E-state index contributed by atoms with van der Waals surface area (Å²) in [5.41, 5.74) is -0.108. The number of nitrogens with zero attached hydrogens (tertiary/aromatic N) is 4. The first kappa shape index (κ1) is 18.3. The van der Waals surface area contributed by atoms with Gasteiger partial charge in [-0.1, -0.05) is 0 Å². The molecule has 8 nitrogen and oxygen atoms in total. The predicted molar refractivity (Wildman–Crippen MR) is 97.4 cm³/mol. The van der Waals surface area contributed by atoms with E-state index >= 15 is 0 Å². The summed E-state index contributed by atoms with van der Waals surface area (Å²) in [5, 5.41) is 0. The maximum atomic E-state index is 11.5. The van der Waals surface area contributed by atoms with E-state index in [1.807, 2.05) is 25.1 Å². The van der Waals surface area contributed by atoms with Crippen molar-refractivity contribution in [1.82, 2.24) is 14.7 Å². The number of hydrogen-bond donors (Lipinski definition) is 1. The summed E-state index contributed by atoms with van der Waals surface area (Å²) in [6.45, 7) is 4.36. The molecule has 1 aromatic heterocycles. The van der Waals surface area contributed by atoms with Gasteiger partial charge in [-0.25, -0.2) is 23.1 Å². The van der Waals surface area contributed by atoms with Gasteiger partial charge in [-0.3, -0.25) is 0 Å². The van der Waals surface area contributed by atoms with Crippen LogP contribution in [0.4, 0.5) is 11.6 Å². The number of sulfonamides is 1. The van der Waals surface area contributed by atoms with Crippen molar-refractivity contribution >= 4 is 21.7 Å². The Kier molecular flexibility index (Phi) is 5.17. The maximum absolute atomic E-state index is 11.5. The largest absolute Gasteiger partial charge is 0.371 e. The molecule has 0 aliphatic carbocycles. The van der Waals surface area contributed by atoms with Gasteiger partial charge in [0.15, 0.2) is 0 Å². The van der Waals surface area contributed by atoms with Crippen LogP contribution in [0.25, 0.3) is 0 Å². The molecule has 2 aliphatic rings. The quantitative estimate of drug-likeness (QED) is 0.780. The lowest BCUT2D eigenvalue weighted by atomic mass is 9.83. The number of ether oxygens (including phenoxy) is 1. The number of anilines is 2. The van der Waals surface area contributed by atoms with Crippen molar-refractivity contribution in [3.05, 3.63) is 12.4 Å². The minimum atomic E-state index is -3.13. The summed E-state index contributed by atoms with van der Waals surface area (Å²) in [5.74, 6) is 2.18. The van der Waals surface area contributed by atoms with Crippen LogP contribution >= 0.6 is 0 Å². The van der Waals surface area contributed by atoms with Crippen molar-refractivity contribution in [3.63, 3.8) is 0 Å². The van der Waals surface area contributed by atoms with Gasteiger partial charge < -0.3 is 14.5 Å². The molecule has 0 bridgehead atoms. The van der Waals surface area contributed by atoms with Crippen LogP contribution in [0.5, 0.6) is 0 Å². The van der Waals surface area contributed by atoms with E-state index in [0.717, 1.165) is 37.6 Å². The normalized spacial score (nSPS) is 22.7. The predicted octanol–water partition coefficient (Wildman–Crippen LogP) is 0.467. The van der Waals surface area contributed by atoms with Gasteiger partial charge in [-0.15, -0.1) is 0 Å². The van der Waals surface area contributed by atoms with Crippen molar-refractivity contribution < 1.29 is 13.2 Å². The Morgan fingerprint density at radius 2 is 2.16 bits per heavy atom. The second kappa shape index (κ2) is 7.05. The summed E-state index contributed by atoms with van der Waals surface area (Å²) < 4.78 is 31.8. The minimum Gasteiger partial charge on any atom is -0.371 e. The number of hydrogen-bond acceptors (Lipinski definition) is 7. The lowest BCUT2D eigenvalue weighted by Crippen LogP contribution is -2.65.